The molecule has 1 aliphatic rings. The number of aromatic hydroxyl groups is 1. The first-order valence-corrected chi connectivity index (χ1v) is 10.1. The molecule has 3 rings (SSSR count). The highest BCUT2D eigenvalue weighted by Gasteiger charge is 2.32. The molecular weight excluding hydrogens is 406 g/mol. The predicted octanol–water partition coefficient (Wildman–Crippen LogP) is 4.27. The summed E-state index contributed by atoms with van der Waals surface area (Å²) in [4.78, 5) is 25.2. The summed E-state index contributed by atoms with van der Waals surface area (Å²) in [5.74, 6) is -0.373. The molecule has 0 fully saturated rings. The molecule has 2 aromatic carbocycles. The van der Waals surface area contributed by atoms with Crippen molar-refractivity contribution in [1.82, 2.24) is 10.6 Å². The summed E-state index contributed by atoms with van der Waals surface area (Å²) in [6.07, 6.45) is 0.903. The maximum atomic E-state index is 13.1. The van der Waals surface area contributed by atoms with Crippen LogP contribution in [0.3, 0.4) is 0 Å². The van der Waals surface area contributed by atoms with Crippen LogP contribution in [0, 0.1) is 0 Å². The number of amides is 3. The summed E-state index contributed by atoms with van der Waals surface area (Å²) >= 11 is 6.16. The Morgan fingerprint density at radius 3 is 2.57 bits per heavy atom. The molecule has 3 amide bonds. The van der Waals surface area contributed by atoms with Crippen molar-refractivity contribution < 1.29 is 19.4 Å². The molecular formula is C22H24ClN3O4. The number of benzene rings is 2. The number of hydrogen-bond acceptors (Lipinski definition) is 4. The van der Waals surface area contributed by atoms with Gasteiger partial charge in [-0.25, -0.2) is 4.79 Å². The van der Waals surface area contributed by atoms with E-state index < -0.39 is 12.1 Å². The highest BCUT2D eigenvalue weighted by atomic mass is 35.5. The highest BCUT2D eigenvalue weighted by Crippen LogP contribution is 2.39. The first-order valence-electron chi connectivity index (χ1n) is 9.67. The molecule has 0 radical (unpaired) electrons. The minimum atomic E-state index is -0.772. The molecule has 0 unspecified atom stereocenters. The molecule has 158 valence electrons. The van der Waals surface area contributed by atoms with Crippen LogP contribution in [0.4, 0.5) is 10.5 Å². The van der Waals surface area contributed by atoms with Crippen LogP contribution in [0.5, 0.6) is 11.5 Å². The van der Waals surface area contributed by atoms with E-state index in [4.69, 9.17) is 16.3 Å². The minimum absolute atomic E-state index is 0.0660. The fourth-order valence-electron chi connectivity index (χ4n) is 3.29. The Labute approximate surface area is 180 Å². The number of nitrogens with one attached hydrogen (secondary N) is 3. The number of carbonyl (C=O) groups is 2. The summed E-state index contributed by atoms with van der Waals surface area (Å²) in [6.45, 7) is 5.81. The van der Waals surface area contributed by atoms with Crippen molar-refractivity contribution in [3.8, 4) is 11.5 Å². The van der Waals surface area contributed by atoms with Crippen molar-refractivity contribution in [3.05, 3.63) is 63.8 Å². The second-order valence-corrected chi connectivity index (χ2v) is 7.26. The van der Waals surface area contributed by atoms with E-state index in [2.05, 4.69) is 22.9 Å². The average Bonchev–Trinajstić information content (AvgIpc) is 2.71. The van der Waals surface area contributed by atoms with E-state index in [1.54, 1.807) is 19.9 Å². The van der Waals surface area contributed by atoms with Crippen LogP contribution in [0.25, 0.3) is 0 Å². The van der Waals surface area contributed by atoms with E-state index in [9.17, 15) is 14.7 Å². The zero-order chi connectivity index (χ0) is 21.8. The van der Waals surface area contributed by atoms with Crippen molar-refractivity contribution in [3.63, 3.8) is 0 Å². The van der Waals surface area contributed by atoms with Crippen LogP contribution in [-0.2, 0) is 11.2 Å². The lowest BCUT2D eigenvalue weighted by Crippen LogP contribution is -2.46. The molecule has 4 N–H and O–H groups in total. The van der Waals surface area contributed by atoms with E-state index in [1.807, 2.05) is 24.3 Å². The zero-order valence-electron chi connectivity index (χ0n) is 17.0. The number of ether oxygens (including phenoxy) is 1. The first-order chi connectivity index (χ1) is 14.3. The topological polar surface area (TPSA) is 99.7 Å². The molecule has 8 heteroatoms. The molecule has 0 saturated carbocycles. The Balaban J connectivity index is 1.97. The lowest BCUT2D eigenvalue weighted by Gasteiger charge is -2.29. The number of halogens is 1. The third kappa shape index (κ3) is 4.52. The molecule has 7 nitrogen and oxygen atoms in total. The number of phenolic OH excluding ortho intramolecular Hbond substituents is 1. The molecule has 0 saturated heterocycles. The third-order valence-electron chi connectivity index (χ3n) is 4.82. The fraction of sp³-hybridized carbons (Fsp3) is 0.273. The summed E-state index contributed by atoms with van der Waals surface area (Å²) in [6, 6.07) is 9.42. The van der Waals surface area contributed by atoms with Gasteiger partial charge in [-0.2, -0.15) is 0 Å². The Morgan fingerprint density at radius 1 is 1.23 bits per heavy atom. The molecule has 1 aliphatic heterocycles. The lowest BCUT2D eigenvalue weighted by molar-refractivity contribution is -0.113. The maximum absolute atomic E-state index is 13.1. The van der Waals surface area contributed by atoms with Gasteiger partial charge in [-0.15, -0.1) is 0 Å². The first kappa shape index (κ1) is 21.5. The summed E-state index contributed by atoms with van der Waals surface area (Å²) < 4.78 is 5.44. The van der Waals surface area contributed by atoms with Gasteiger partial charge in [-0.1, -0.05) is 30.7 Å². The summed E-state index contributed by atoms with van der Waals surface area (Å²) in [5.41, 5.74) is 3.08. The van der Waals surface area contributed by atoms with Crippen LogP contribution in [-0.4, -0.2) is 23.7 Å². The van der Waals surface area contributed by atoms with Gasteiger partial charge < -0.3 is 25.8 Å². The lowest BCUT2D eigenvalue weighted by atomic mass is 9.94. The van der Waals surface area contributed by atoms with E-state index in [1.165, 1.54) is 6.07 Å². The second-order valence-electron chi connectivity index (χ2n) is 6.86. The monoisotopic (exact) mass is 429 g/mol. The van der Waals surface area contributed by atoms with Crippen LogP contribution in [0.1, 0.15) is 37.9 Å². The Kier molecular flexibility index (Phi) is 6.52. The SMILES string of the molecule is CCOc1cc([C@H]2NC(=O)NC(C)=C2C(=O)Nc2ccc(CC)cc2)cc(Cl)c1O. The van der Waals surface area contributed by atoms with Gasteiger partial charge in [0.05, 0.1) is 23.2 Å². The number of hydrogen-bond donors (Lipinski definition) is 4. The third-order valence-corrected chi connectivity index (χ3v) is 5.11. The Hall–Kier alpha value is -3.19. The molecule has 1 heterocycles. The number of anilines is 1. The van der Waals surface area contributed by atoms with Crippen molar-refractivity contribution in [2.75, 3.05) is 11.9 Å². The number of carbonyl (C=O) groups excluding carboxylic acids is 2. The fourth-order valence-corrected chi connectivity index (χ4v) is 3.51. The number of phenols is 1. The van der Waals surface area contributed by atoms with Crippen LogP contribution < -0.4 is 20.7 Å². The average molecular weight is 430 g/mol. The molecule has 1 atom stereocenters. The molecule has 0 aromatic heterocycles. The van der Waals surface area contributed by atoms with Gasteiger partial charge in [-0.3, -0.25) is 4.79 Å². The van der Waals surface area contributed by atoms with Gasteiger partial charge >= 0.3 is 6.03 Å². The Bertz CT molecular complexity index is 1000. The molecule has 30 heavy (non-hydrogen) atoms. The quantitative estimate of drug-likeness (QED) is 0.550. The molecule has 0 bridgehead atoms. The van der Waals surface area contributed by atoms with Gasteiger partial charge in [0.25, 0.3) is 5.91 Å². The predicted molar refractivity (Wildman–Crippen MR) is 116 cm³/mol. The highest BCUT2D eigenvalue weighted by molar-refractivity contribution is 6.32. The second kappa shape index (κ2) is 9.09. The van der Waals surface area contributed by atoms with E-state index in [0.29, 0.717) is 29.1 Å². The van der Waals surface area contributed by atoms with E-state index >= 15 is 0 Å². The van der Waals surface area contributed by atoms with E-state index in [-0.39, 0.29) is 22.4 Å². The Morgan fingerprint density at radius 2 is 1.93 bits per heavy atom. The van der Waals surface area contributed by atoms with E-state index in [0.717, 1.165) is 12.0 Å². The minimum Gasteiger partial charge on any atom is -0.503 e. The summed E-state index contributed by atoms with van der Waals surface area (Å²) in [5, 5.41) is 18.4. The largest absolute Gasteiger partial charge is 0.503 e. The molecule has 0 aliphatic carbocycles. The number of aryl methyl sites for hydroxylation is 1. The molecule has 0 spiro atoms. The van der Waals surface area contributed by atoms with Gasteiger partial charge in [0.2, 0.25) is 0 Å². The van der Waals surface area contributed by atoms with Gasteiger partial charge in [0.15, 0.2) is 11.5 Å². The number of urea groups is 1. The van der Waals surface area contributed by atoms with Crippen molar-refractivity contribution >= 4 is 29.2 Å². The number of rotatable bonds is 6. The van der Waals surface area contributed by atoms with Crippen LogP contribution >= 0.6 is 11.6 Å². The maximum Gasteiger partial charge on any atom is 0.319 e. The smallest absolute Gasteiger partial charge is 0.319 e. The van der Waals surface area contributed by atoms with Crippen molar-refractivity contribution in [2.45, 2.75) is 33.2 Å². The van der Waals surface area contributed by atoms with Crippen molar-refractivity contribution in [2.24, 2.45) is 0 Å². The normalized spacial score (nSPS) is 16.0. The number of allylic oxidation sites excluding steroid dienone is 1. The van der Waals surface area contributed by atoms with Crippen LogP contribution in [0.15, 0.2) is 47.7 Å². The van der Waals surface area contributed by atoms with Gasteiger partial charge in [0, 0.05) is 11.4 Å². The summed E-state index contributed by atoms with van der Waals surface area (Å²) in [7, 11) is 0. The standard InChI is InChI=1S/C22H24ClN3O4/c1-4-13-6-8-15(9-7-13)25-21(28)18-12(3)24-22(29)26-19(18)14-10-16(23)20(27)17(11-14)30-5-2/h6-11,19,27H,4-5H2,1-3H3,(H,25,28)(H2,24,26,29)/t19-/m1/s1. The zero-order valence-corrected chi connectivity index (χ0v) is 17.8. The van der Waals surface area contributed by atoms with Gasteiger partial charge in [0.1, 0.15) is 0 Å². The van der Waals surface area contributed by atoms with Crippen molar-refractivity contribution in [1.29, 1.82) is 0 Å². The van der Waals surface area contributed by atoms with Crippen LogP contribution in [0.2, 0.25) is 5.02 Å². The molecule has 2 aromatic rings. The van der Waals surface area contributed by atoms with Gasteiger partial charge in [-0.05, 0) is 55.7 Å².